The SMILES string of the molecule is O=C[O-].O=C[O-].O=C[O-].O=C[O-].[Ag+].[Ce+3]. The molecule has 0 saturated heterocycles. The average molecular weight is 428 g/mol. The predicted octanol–water partition coefficient (Wildman–Crippen LogP) is -6.54. The number of carbonyl (C=O) groups is 4. The van der Waals surface area contributed by atoms with Gasteiger partial charge in [0.1, 0.15) is 0 Å². The van der Waals surface area contributed by atoms with E-state index in [0.717, 1.165) is 0 Å². The Kier molecular flexibility index (Phi) is 309. The van der Waals surface area contributed by atoms with Gasteiger partial charge in [0.25, 0.3) is 0 Å². The summed E-state index contributed by atoms with van der Waals surface area (Å²) in [7, 11) is 0. The Hall–Kier alpha value is -0.00312. The Balaban J connectivity index is -0.0000000145. The van der Waals surface area contributed by atoms with Crippen LogP contribution in [0.4, 0.5) is 0 Å². The van der Waals surface area contributed by atoms with E-state index >= 15 is 0 Å². The molecular weight excluding hydrogens is 424 g/mol. The third-order valence-electron chi connectivity index (χ3n) is 0. The maximum absolute atomic E-state index is 8.25. The van der Waals surface area contributed by atoms with Crippen LogP contribution in [0.25, 0.3) is 0 Å². The van der Waals surface area contributed by atoms with Crippen molar-refractivity contribution in [2.24, 2.45) is 0 Å². The monoisotopic (exact) mass is 427 g/mol. The molecule has 0 aliphatic heterocycles. The van der Waals surface area contributed by atoms with Crippen LogP contribution in [0.5, 0.6) is 0 Å². The molecule has 0 aliphatic carbocycles. The van der Waals surface area contributed by atoms with Gasteiger partial charge in [0, 0.05) is 25.9 Å². The molecule has 0 amide bonds. The Morgan fingerprint density at radius 1 is 0.571 bits per heavy atom. The van der Waals surface area contributed by atoms with Gasteiger partial charge in [-0.1, -0.05) is 0 Å². The third kappa shape index (κ3) is 149000000. The molecule has 0 spiro atoms. The molecule has 1 radical (unpaired) electrons. The summed E-state index contributed by atoms with van der Waals surface area (Å²) in [5.74, 6) is 0. The van der Waals surface area contributed by atoms with Gasteiger partial charge in [0.2, 0.25) is 0 Å². The maximum Gasteiger partial charge on any atom is 3.00 e. The topological polar surface area (TPSA) is 161 Å². The van der Waals surface area contributed by atoms with Crippen LogP contribution in [0.2, 0.25) is 0 Å². The molecule has 0 N–H and O–H groups in total. The minimum Gasteiger partial charge on any atom is -0.554 e. The first kappa shape index (κ1) is 37.0. The molecule has 0 saturated carbocycles. The molecule has 10 heteroatoms. The fourth-order valence-electron chi connectivity index (χ4n) is 0. The van der Waals surface area contributed by atoms with Gasteiger partial charge in [-0.15, -0.1) is 0 Å². The Morgan fingerprint density at radius 2 is 0.571 bits per heavy atom. The summed E-state index contributed by atoms with van der Waals surface area (Å²) in [4.78, 5) is 33.0. The summed E-state index contributed by atoms with van der Waals surface area (Å²) in [6.07, 6.45) is 0. The molecule has 0 rings (SSSR count). The summed E-state index contributed by atoms with van der Waals surface area (Å²) in [5.41, 5.74) is 0. The van der Waals surface area contributed by atoms with Gasteiger partial charge in [-0.05, 0) is 0 Å². The first-order valence-corrected chi connectivity index (χ1v) is 1.89. The standard InChI is InChI=1S/4CH2O2.Ag.Ce/c4*2-1-3;;/h4*1H,(H,2,3);;/q;;;;+1;+3/p-4. The summed E-state index contributed by atoms with van der Waals surface area (Å²) in [5, 5.41) is 33.0. The quantitative estimate of drug-likeness (QED) is 0.272. The van der Waals surface area contributed by atoms with Crippen molar-refractivity contribution in [3.8, 4) is 0 Å². The van der Waals surface area contributed by atoms with Crippen LogP contribution in [0.15, 0.2) is 0 Å². The Labute approximate surface area is 128 Å². The first-order valence-electron chi connectivity index (χ1n) is 1.89. The largest absolute Gasteiger partial charge is 3.00 e. The second kappa shape index (κ2) is 117. The minimum absolute atomic E-state index is 0. The number of hydrogen-bond acceptors (Lipinski definition) is 8. The molecule has 0 unspecified atom stereocenters. The summed E-state index contributed by atoms with van der Waals surface area (Å²) in [6.45, 7) is -2.00. The van der Waals surface area contributed by atoms with E-state index in [1.54, 1.807) is 0 Å². The molecule has 83 valence electrons. The van der Waals surface area contributed by atoms with E-state index < -0.39 is 25.9 Å². The second-order valence-corrected chi connectivity index (χ2v) is 0.385. The first-order chi connectivity index (χ1) is 5.66. The van der Waals surface area contributed by atoms with Crippen molar-refractivity contribution in [2.45, 2.75) is 0 Å². The van der Waals surface area contributed by atoms with Gasteiger partial charge in [-0.2, -0.15) is 0 Å². The fraction of sp³-hybridized carbons (Fsp3) is 0. The summed E-state index contributed by atoms with van der Waals surface area (Å²) in [6, 6.07) is 0. The summed E-state index contributed by atoms with van der Waals surface area (Å²) >= 11 is 0. The van der Waals surface area contributed by atoms with E-state index in [9.17, 15) is 0 Å². The molecule has 14 heavy (non-hydrogen) atoms. The van der Waals surface area contributed by atoms with Crippen LogP contribution >= 0.6 is 0 Å². The maximum atomic E-state index is 8.25. The zero-order valence-corrected chi connectivity index (χ0v) is 11.0. The molecule has 8 nitrogen and oxygen atoms in total. The van der Waals surface area contributed by atoms with E-state index in [-0.39, 0.29) is 64.1 Å². The van der Waals surface area contributed by atoms with Crippen molar-refractivity contribution in [2.75, 3.05) is 0 Å². The van der Waals surface area contributed by atoms with E-state index in [0.29, 0.717) is 0 Å². The third-order valence-corrected chi connectivity index (χ3v) is 0. The smallest absolute Gasteiger partial charge is 0.554 e. The van der Waals surface area contributed by atoms with E-state index in [1.807, 2.05) is 0 Å². The van der Waals surface area contributed by atoms with Gasteiger partial charge >= 0.3 is 64.1 Å². The van der Waals surface area contributed by atoms with Crippen molar-refractivity contribution < 1.29 is 104 Å². The van der Waals surface area contributed by atoms with Crippen molar-refractivity contribution in [3.63, 3.8) is 0 Å². The van der Waals surface area contributed by atoms with Crippen LogP contribution in [-0.4, -0.2) is 25.9 Å². The molecular formula is C4H4AgCeO8. The van der Waals surface area contributed by atoms with Gasteiger partial charge in [-0.3, -0.25) is 0 Å². The molecule has 0 atom stereocenters. The van der Waals surface area contributed by atoms with Crippen LogP contribution in [0.3, 0.4) is 0 Å². The van der Waals surface area contributed by atoms with E-state index in [1.165, 1.54) is 0 Å². The molecule has 0 aromatic heterocycles. The van der Waals surface area contributed by atoms with Crippen LogP contribution in [0.1, 0.15) is 0 Å². The molecule has 0 aromatic rings. The number of carboxylic acid groups (broad SMARTS) is 4. The molecule has 0 heterocycles. The average Bonchev–Trinajstić information content (AvgIpc) is 1.92. The predicted molar refractivity (Wildman–Crippen MR) is 24.3 cm³/mol. The second-order valence-electron chi connectivity index (χ2n) is 0.385. The van der Waals surface area contributed by atoms with Crippen LogP contribution < -0.4 is 20.4 Å². The number of carbonyl (C=O) groups excluding carboxylic acids is 4. The Bertz CT molecular complexity index is 75.3. The van der Waals surface area contributed by atoms with E-state index in [4.69, 9.17) is 39.6 Å². The van der Waals surface area contributed by atoms with Gasteiger partial charge in [0.15, 0.2) is 0 Å². The number of hydrogen-bond donors (Lipinski definition) is 0. The van der Waals surface area contributed by atoms with Crippen molar-refractivity contribution in [3.05, 3.63) is 0 Å². The van der Waals surface area contributed by atoms with Crippen molar-refractivity contribution in [1.29, 1.82) is 0 Å². The van der Waals surface area contributed by atoms with Crippen LogP contribution in [-0.2, 0) is 41.6 Å². The van der Waals surface area contributed by atoms with Gasteiger partial charge < -0.3 is 39.6 Å². The number of rotatable bonds is 0. The van der Waals surface area contributed by atoms with Crippen molar-refractivity contribution >= 4 is 25.9 Å². The fourth-order valence-corrected chi connectivity index (χ4v) is 0. The molecule has 0 bridgehead atoms. The molecule has 0 aromatic carbocycles. The zero-order chi connectivity index (χ0) is 10.8. The molecule has 0 fully saturated rings. The summed E-state index contributed by atoms with van der Waals surface area (Å²) < 4.78 is 0. The molecule has 0 aliphatic rings. The van der Waals surface area contributed by atoms with Crippen molar-refractivity contribution in [1.82, 2.24) is 0 Å². The van der Waals surface area contributed by atoms with E-state index in [2.05, 4.69) is 0 Å². The minimum atomic E-state index is -0.500. The zero-order valence-electron chi connectivity index (χ0n) is 6.38. The van der Waals surface area contributed by atoms with Gasteiger partial charge in [0.05, 0.1) is 0 Å². The normalized spacial score (nSPS) is 3.43. The Morgan fingerprint density at radius 3 is 0.571 bits per heavy atom. The van der Waals surface area contributed by atoms with Gasteiger partial charge in [-0.25, -0.2) is 0 Å². The van der Waals surface area contributed by atoms with Crippen LogP contribution in [0, 0.1) is 41.7 Å².